The van der Waals surface area contributed by atoms with Crippen LogP contribution >= 0.6 is 22.9 Å². The third-order valence-electron chi connectivity index (χ3n) is 6.52. The van der Waals surface area contributed by atoms with Crippen molar-refractivity contribution < 1.29 is 8.60 Å². The fourth-order valence-corrected chi connectivity index (χ4v) is 6.81. The van der Waals surface area contributed by atoms with Crippen molar-refractivity contribution in [1.29, 1.82) is 0 Å². The summed E-state index contributed by atoms with van der Waals surface area (Å²) in [6.45, 7) is 3.54. The number of hydrogen-bond acceptors (Lipinski definition) is 5. The van der Waals surface area contributed by atoms with Crippen LogP contribution in [0.2, 0.25) is 0 Å². The Morgan fingerprint density at radius 2 is 1.95 bits per heavy atom. The largest absolute Gasteiger partial charge is 0.305 e. The molecule has 4 heterocycles. The molecule has 0 spiro atoms. The van der Waals surface area contributed by atoms with Gasteiger partial charge in [-0.2, -0.15) is 0 Å². The summed E-state index contributed by atoms with van der Waals surface area (Å²) in [5.41, 5.74) is 5.98. The molecule has 1 aliphatic heterocycles. The van der Waals surface area contributed by atoms with Gasteiger partial charge in [0.1, 0.15) is 17.3 Å². The van der Waals surface area contributed by atoms with E-state index < -0.39 is 11.0 Å². The number of pyridine rings is 1. The Morgan fingerprint density at radius 3 is 2.65 bits per heavy atom. The molecular formula is C27H29ClFN5OS2. The molecule has 37 heavy (non-hydrogen) atoms. The number of thiazole rings is 1. The summed E-state index contributed by atoms with van der Waals surface area (Å²) in [5.74, 6) is 1.88. The first-order valence-electron chi connectivity index (χ1n) is 12.3. The predicted octanol–water partition coefficient (Wildman–Crippen LogP) is 6.31. The van der Waals surface area contributed by atoms with E-state index in [-0.39, 0.29) is 5.82 Å². The van der Waals surface area contributed by atoms with Gasteiger partial charge in [-0.15, -0.1) is 22.9 Å². The number of alkyl halides is 1. The molecule has 1 aliphatic rings. The molecule has 1 atom stereocenters. The van der Waals surface area contributed by atoms with Crippen LogP contribution in [0.25, 0.3) is 22.5 Å². The lowest BCUT2D eigenvalue weighted by molar-refractivity contribution is 0.483. The number of imidazole rings is 1. The van der Waals surface area contributed by atoms with E-state index in [1.165, 1.54) is 17.7 Å². The Morgan fingerprint density at radius 1 is 1.16 bits per heavy atom. The summed E-state index contributed by atoms with van der Waals surface area (Å²) < 4.78 is 30.0. The van der Waals surface area contributed by atoms with E-state index in [0.717, 1.165) is 64.9 Å². The molecule has 0 N–H and O–H groups in total. The van der Waals surface area contributed by atoms with E-state index in [0.29, 0.717) is 18.2 Å². The van der Waals surface area contributed by atoms with Crippen LogP contribution in [0.4, 0.5) is 15.3 Å². The lowest BCUT2D eigenvalue weighted by Gasteiger charge is -2.25. The van der Waals surface area contributed by atoms with Crippen molar-refractivity contribution in [2.45, 2.75) is 26.2 Å². The van der Waals surface area contributed by atoms with Gasteiger partial charge in [-0.3, -0.25) is 4.40 Å². The standard InChI is InChI=1S/C27H29ClFN5OS2/c1-3-23-26(32(2)27-31-24(18-36-27)20-5-8-22(29)9-6-20)34-17-21(7-10-25(34)30-23)19-11-14-33(15-12-19)37(35)16-4-13-28/h5-11,17-18H,3-4,12-16H2,1-2H3. The molecule has 0 bridgehead atoms. The molecule has 3 aromatic heterocycles. The number of aromatic nitrogens is 3. The molecule has 1 aromatic carbocycles. The van der Waals surface area contributed by atoms with Crippen molar-refractivity contribution in [3.63, 3.8) is 0 Å². The van der Waals surface area contributed by atoms with Gasteiger partial charge in [0, 0.05) is 48.9 Å². The van der Waals surface area contributed by atoms with Crippen molar-refractivity contribution in [1.82, 2.24) is 18.7 Å². The van der Waals surface area contributed by atoms with Crippen LogP contribution in [0, 0.1) is 5.82 Å². The summed E-state index contributed by atoms with van der Waals surface area (Å²) in [7, 11) is 1.03. The van der Waals surface area contributed by atoms with Crippen LogP contribution in [0.5, 0.6) is 0 Å². The highest BCUT2D eigenvalue weighted by atomic mass is 35.5. The Balaban J connectivity index is 1.43. The molecule has 0 fully saturated rings. The summed E-state index contributed by atoms with van der Waals surface area (Å²) in [5, 5.41) is 2.84. The molecule has 0 saturated carbocycles. The number of benzene rings is 1. The van der Waals surface area contributed by atoms with Crippen LogP contribution in [0.15, 0.2) is 54.1 Å². The number of nitrogens with zero attached hydrogens (tertiary/aromatic N) is 5. The Bertz CT molecular complexity index is 1450. The predicted molar refractivity (Wildman–Crippen MR) is 153 cm³/mol. The summed E-state index contributed by atoms with van der Waals surface area (Å²) in [4.78, 5) is 11.8. The fourth-order valence-electron chi connectivity index (χ4n) is 4.53. The van der Waals surface area contributed by atoms with Gasteiger partial charge < -0.3 is 4.90 Å². The van der Waals surface area contributed by atoms with Gasteiger partial charge in [0.15, 0.2) is 5.13 Å². The SMILES string of the molecule is CCc1nc2ccc(C3=CCN(S(=O)CCCCl)CC3)cn2c1N(C)c1nc(-c2ccc(F)cc2)cs1. The number of hydrogen-bond donors (Lipinski definition) is 0. The van der Waals surface area contributed by atoms with E-state index in [9.17, 15) is 8.60 Å². The average molecular weight is 558 g/mol. The molecule has 10 heteroatoms. The molecule has 0 aliphatic carbocycles. The van der Waals surface area contributed by atoms with Crippen LogP contribution in [-0.4, -0.2) is 54.7 Å². The monoisotopic (exact) mass is 557 g/mol. The van der Waals surface area contributed by atoms with Gasteiger partial charge in [0.25, 0.3) is 0 Å². The van der Waals surface area contributed by atoms with Gasteiger partial charge in [-0.25, -0.2) is 22.9 Å². The second kappa shape index (κ2) is 11.4. The number of aryl methyl sites for hydroxylation is 1. The van der Waals surface area contributed by atoms with Gasteiger partial charge in [0.2, 0.25) is 0 Å². The first-order chi connectivity index (χ1) is 18.0. The first-order valence-corrected chi connectivity index (χ1v) is 15.0. The van der Waals surface area contributed by atoms with E-state index in [2.05, 4.69) is 40.6 Å². The zero-order valence-corrected chi connectivity index (χ0v) is 23.3. The van der Waals surface area contributed by atoms with E-state index >= 15 is 0 Å². The highest BCUT2D eigenvalue weighted by Gasteiger charge is 2.21. The summed E-state index contributed by atoms with van der Waals surface area (Å²) in [6.07, 6.45) is 6.72. The highest BCUT2D eigenvalue weighted by molar-refractivity contribution is 7.82. The van der Waals surface area contributed by atoms with E-state index in [1.807, 2.05) is 16.7 Å². The Labute approximate surface area is 228 Å². The van der Waals surface area contributed by atoms with Crippen LogP contribution in [-0.2, 0) is 17.4 Å². The normalized spacial score (nSPS) is 15.2. The Kier molecular flexibility index (Phi) is 8.04. The highest BCUT2D eigenvalue weighted by Crippen LogP contribution is 2.34. The fraction of sp³-hybridized carbons (Fsp3) is 0.333. The minimum atomic E-state index is -0.984. The van der Waals surface area contributed by atoms with Crippen molar-refractivity contribution in [3.8, 4) is 11.3 Å². The lowest BCUT2D eigenvalue weighted by Crippen LogP contribution is -2.32. The molecule has 6 nitrogen and oxygen atoms in total. The zero-order valence-electron chi connectivity index (χ0n) is 20.9. The maximum atomic E-state index is 13.4. The zero-order chi connectivity index (χ0) is 25.9. The number of rotatable bonds is 9. The second-order valence-corrected chi connectivity index (χ2v) is 11.7. The van der Waals surface area contributed by atoms with Gasteiger partial charge in [0.05, 0.1) is 22.4 Å². The third kappa shape index (κ3) is 5.50. The maximum absolute atomic E-state index is 13.4. The number of halogens is 2. The molecule has 0 saturated heterocycles. The van der Waals surface area contributed by atoms with Crippen molar-refractivity contribution in [2.24, 2.45) is 0 Å². The molecule has 5 rings (SSSR count). The van der Waals surface area contributed by atoms with E-state index in [4.69, 9.17) is 21.6 Å². The smallest absolute Gasteiger partial charge is 0.191 e. The third-order valence-corrected chi connectivity index (χ3v) is 9.25. The first kappa shape index (κ1) is 26.0. The van der Waals surface area contributed by atoms with Crippen LogP contribution < -0.4 is 4.90 Å². The number of anilines is 2. The van der Waals surface area contributed by atoms with Gasteiger partial charge in [-0.1, -0.05) is 13.0 Å². The Hall–Kier alpha value is -2.59. The van der Waals surface area contributed by atoms with Gasteiger partial charge in [-0.05, 0) is 66.8 Å². The lowest BCUT2D eigenvalue weighted by atomic mass is 10.0. The molecule has 0 amide bonds. The minimum Gasteiger partial charge on any atom is -0.305 e. The van der Waals surface area contributed by atoms with Crippen molar-refractivity contribution >= 4 is 56.1 Å². The van der Waals surface area contributed by atoms with Gasteiger partial charge >= 0.3 is 0 Å². The molecule has 0 radical (unpaired) electrons. The second-order valence-electron chi connectivity index (χ2n) is 8.90. The van der Waals surface area contributed by atoms with Crippen LogP contribution in [0.3, 0.4) is 0 Å². The summed E-state index contributed by atoms with van der Waals surface area (Å²) in [6, 6.07) is 10.6. The molecule has 4 aromatic rings. The molecular weight excluding hydrogens is 529 g/mol. The number of fused-ring (bicyclic) bond motifs is 1. The topological polar surface area (TPSA) is 53.7 Å². The van der Waals surface area contributed by atoms with Crippen molar-refractivity contribution in [2.75, 3.05) is 36.7 Å². The van der Waals surface area contributed by atoms with Crippen LogP contribution in [0.1, 0.15) is 31.0 Å². The maximum Gasteiger partial charge on any atom is 0.191 e. The average Bonchev–Trinajstić information content (AvgIpc) is 3.57. The van der Waals surface area contributed by atoms with Crippen molar-refractivity contribution in [3.05, 3.63) is 71.1 Å². The quantitative estimate of drug-likeness (QED) is 0.226. The molecule has 194 valence electrons. The molecule has 1 unspecified atom stereocenters. The van der Waals surface area contributed by atoms with E-state index in [1.54, 1.807) is 23.5 Å². The summed E-state index contributed by atoms with van der Waals surface area (Å²) >= 11 is 7.31. The minimum absolute atomic E-state index is 0.259.